The van der Waals surface area contributed by atoms with E-state index in [4.69, 9.17) is 4.74 Å². The summed E-state index contributed by atoms with van der Waals surface area (Å²) in [5.74, 6) is -0.149. The molecule has 1 aromatic heterocycles. The Hall–Kier alpha value is -2.49. The van der Waals surface area contributed by atoms with Gasteiger partial charge in [0, 0.05) is 22.9 Å². The smallest absolute Gasteiger partial charge is 0.314 e. The predicted molar refractivity (Wildman–Crippen MR) is 101 cm³/mol. The molecule has 1 aromatic carbocycles. The molecule has 4 nitrogen and oxygen atoms in total. The van der Waals surface area contributed by atoms with Crippen molar-refractivity contribution in [1.29, 1.82) is 0 Å². The molecule has 136 valence electrons. The van der Waals surface area contributed by atoms with E-state index in [9.17, 15) is 9.59 Å². The molecule has 4 heteroatoms. The lowest BCUT2D eigenvalue weighted by atomic mass is 9.99. The van der Waals surface area contributed by atoms with Crippen LogP contribution in [0.5, 0.6) is 0 Å². The Balaban J connectivity index is 1.80. The Morgan fingerprint density at radius 2 is 1.85 bits per heavy atom. The third-order valence-electron chi connectivity index (χ3n) is 4.21. The number of benzene rings is 1. The Bertz CT molecular complexity index is 845. The summed E-state index contributed by atoms with van der Waals surface area (Å²) in [4.78, 5) is 29.0. The maximum Gasteiger partial charge on any atom is 0.314 e. The largest absolute Gasteiger partial charge is 0.460 e. The normalized spacial score (nSPS) is 14.2. The summed E-state index contributed by atoms with van der Waals surface area (Å²) in [6, 6.07) is 11.6. The number of aryl methyl sites for hydroxylation is 1. The summed E-state index contributed by atoms with van der Waals surface area (Å²) >= 11 is 0. The molecule has 0 atom stereocenters. The number of esters is 1. The molecule has 0 radical (unpaired) electrons. The second kappa shape index (κ2) is 7.02. The zero-order chi connectivity index (χ0) is 18.9. The Labute approximate surface area is 154 Å². The Morgan fingerprint density at radius 3 is 2.50 bits per heavy atom. The van der Waals surface area contributed by atoms with Crippen molar-refractivity contribution in [2.75, 3.05) is 0 Å². The summed E-state index contributed by atoms with van der Waals surface area (Å²) in [7, 11) is 0. The van der Waals surface area contributed by atoms with Crippen molar-refractivity contribution in [3.05, 3.63) is 53.3 Å². The van der Waals surface area contributed by atoms with Crippen LogP contribution >= 0.6 is 0 Å². The van der Waals surface area contributed by atoms with E-state index in [1.54, 1.807) is 26.8 Å². The summed E-state index contributed by atoms with van der Waals surface area (Å²) in [6.07, 6.45) is 2.15. The van der Waals surface area contributed by atoms with Gasteiger partial charge >= 0.3 is 5.97 Å². The van der Waals surface area contributed by atoms with Gasteiger partial charge in [0.1, 0.15) is 12.0 Å². The molecular weight excluding hydrogens is 326 g/mol. The van der Waals surface area contributed by atoms with Gasteiger partial charge in [-0.05, 0) is 69.9 Å². The molecule has 26 heavy (non-hydrogen) atoms. The highest BCUT2D eigenvalue weighted by Gasteiger charge is 2.25. The molecule has 0 unspecified atom stereocenters. The van der Waals surface area contributed by atoms with Crippen LogP contribution in [0.1, 0.15) is 67.7 Å². The van der Waals surface area contributed by atoms with Crippen LogP contribution in [0.25, 0.3) is 11.1 Å². The summed E-state index contributed by atoms with van der Waals surface area (Å²) < 4.78 is 5.24. The molecule has 0 spiro atoms. The van der Waals surface area contributed by atoms with Crippen molar-refractivity contribution in [2.45, 2.75) is 58.5 Å². The fraction of sp³-hybridized carbons (Fsp3) is 0.409. The van der Waals surface area contributed by atoms with E-state index in [1.807, 2.05) is 31.2 Å². The summed E-state index contributed by atoms with van der Waals surface area (Å²) in [5, 5.41) is 0. The van der Waals surface area contributed by atoms with E-state index in [0.717, 1.165) is 22.5 Å². The van der Waals surface area contributed by atoms with E-state index >= 15 is 0 Å². The molecule has 2 aromatic rings. The first-order valence-electron chi connectivity index (χ1n) is 9.05. The number of ketones is 1. The average molecular weight is 351 g/mol. The van der Waals surface area contributed by atoms with Gasteiger partial charge in [-0.3, -0.25) is 14.6 Å². The van der Waals surface area contributed by atoms with Gasteiger partial charge in [0.25, 0.3) is 0 Å². The first-order chi connectivity index (χ1) is 12.2. The van der Waals surface area contributed by atoms with E-state index in [2.05, 4.69) is 11.1 Å². The molecule has 1 fully saturated rings. The van der Waals surface area contributed by atoms with Crippen molar-refractivity contribution < 1.29 is 14.3 Å². The number of rotatable bonds is 5. The number of pyridine rings is 1. The van der Waals surface area contributed by atoms with E-state index < -0.39 is 11.6 Å². The number of carbonyl (C=O) groups excluding carboxylic acids is 2. The van der Waals surface area contributed by atoms with Gasteiger partial charge in [0.2, 0.25) is 0 Å². The second-order valence-electron chi connectivity index (χ2n) is 7.96. The molecule has 0 amide bonds. The fourth-order valence-electron chi connectivity index (χ4n) is 2.93. The lowest BCUT2D eigenvalue weighted by molar-refractivity contribution is -0.153. The highest BCUT2D eigenvalue weighted by Crippen LogP contribution is 2.40. The third kappa shape index (κ3) is 4.78. The molecule has 0 bridgehead atoms. The zero-order valence-electron chi connectivity index (χ0n) is 15.8. The monoisotopic (exact) mass is 351 g/mol. The lowest BCUT2D eigenvalue weighted by Gasteiger charge is -2.19. The topological polar surface area (TPSA) is 56.3 Å². The van der Waals surface area contributed by atoms with Crippen LogP contribution in [0, 0.1) is 6.92 Å². The van der Waals surface area contributed by atoms with Gasteiger partial charge < -0.3 is 4.74 Å². The molecule has 1 aliphatic carbocycles. The first-order valence-corrected chi connectivity index (χ1v) is 9.05. The van der Waals surface area contributed by atoms with Crippen LogP contribution in [0.15, 0.2) is 36.4 Å². The number of nitrogens with zero attached hydrogens (tertiary/aromatic N) is 1. The number of hydrogen-bond acceptors (Lipinski definition) is 4. The number of Topliss-reactive ketones (excluding diaryl/α,β-unsaturated/α-hetero) is 1. The zero-order valence-corrected chi connectivity index (χ0v) is 15.8. The number of carbonyl (C=O) groups is 2. The molecule has 1 saturated carbocycles. The van der Waals surface area contributed by atoms with E-state index in [1.165, 1.54) is 12.8 Å². The third-order valence-corrected chi connectivity index (χ3v) is 4.21. The Kier molecular flexibility index (Phi) is 4.94. The highest BCUT2D eigenvalue weighted by molar-refractivity contribution is 6.06. The van der Waals surface area contributed by atoms with Gasteiger partial charge in [-0.25, -0.2) is 0 Å². The molecule has 0 N–H and O–H groups in total. The van der Waals surface area contributed by atoms with Crippen molar-refractivity contribution in [3.8, 4) is 11.1 Å². The maximum absolute atomic E-state index is 12.5. The molecule has 0 aliphatic heterocycles. The quantitative estimate of drug-likeness (QED) is 0.439. The lowest BCUT2D eigenvalue weighted by Crippen LogP contribution is -2.25. The van der Waals surface area contributed by atoms with Crippen molar-refractivity contribution in [2.24, 2.45) is 0 Å². The minimum atomic E-state index is -0.590. The van der Waals surface area contributed by atoms with Crippen LogP contribution in [-0.2, 0) is 9.53 Å². The highest BCUT2D eigenvalue weighted by atomic mass is 16.6. The minimum absolute atomic E-state index is 0.228. The predicted octanol–water partition coefficient (Wildman–Crippen LogP) is 4.85. The molecular formula is C22H25NO3. The van der Waals surface area contributed by atoms with Crippen LogP contribution in [0.2, 0.25) is 0 Å². The summed E-state index contributed by atoms with van der Waals surface area (Å²) in [6.45, 7) is 7.37. The molecule has 1 aliphatic rings. The van der Waals surface area contributed by atoms with Gasteiger partial charge in [-0.1, -0.05) is 18.2 Å². The molecule has 3 rings (SSSR count). The van der Waals surface area contributed by atoms with Crippen LogP contribution < -0.4 is 0 Å². The average Bonchev–Trinajstić information content (AvgIpc) is 3.37. The van der Waals surface area contributed by atoms with Gasteiger partial charge in [-0.2, -0.15) is 0 Å². The van der Waals surface area contributed by atoms with E-state index in [-0.39, 0.29) is 12.2 Å². The van der Waals surface area contributed by atoms with Crippen molar-refractivity contribution >= 4 is 11.8 Å². The van der Waals surface area contributed by atoms with Gasteiger partial charge in [0.15, 0.2) is 5.78 Å². The van der Waals surface area contributed by atoms with E-state index in [0.29, 0.717) is 11.5 Å². The minimum Gasteiger partial charge on any atom is -0.460 e. The standard InChI is InChI=1S/C22H25NO3/c1-14-10-18(12-19(23-14)15-8-9-15)16-6-5-7-17(11-16)20(24)13-21(25)26-22(2,3)4/h5-7,10-12,15H,8-9,13H2,1-4H3. The fourth-order valence-corrected chi connectivity index (χ4v) is 2.93. The second-order valence-corrected chi connectivity index (χ2v) is 7.96. The number of aromatic nitrogens is 1. The number of hydrogen-bond donors (Lipinski definition) is 0. The van der Waals surface area contributed by atoms with Gasteiger partial charge in [0.05, 0.1) is 0 Å². The van der Waals surface area contributed by atoms with Crippen LogP contribution in [0.4, 0.5) is 0 Å². The number of ether oxygens (including phenoxy) is 1. The first kappa shape index (κ1) is 18.3. The maximum atomic E-state index is 12.5. The van der Waals surface area contributed by atoms with Crippen LogP contribution in [-0.4, -0.2) is 22.3 Å². The van der Waals surface area contributed by atoms with Crippen LogP contribution in [0.3, 0.4) is 0 Å². The Morgan fingerprint density at radius 1 is 1.12 bits per heavy atom. The summed E-state index contributed by atoms with van der Waals surface area (Å²) in [5.41, 5.74) is 4.07. The van der Waals surface area contributed by atoms with Crippen molar-refractivity contribution in [3.63, 3.8) is 0 Å². The van der Waals surface area contributed by atoms with Gasteiger partial charge in [-0.15, -0.1) is 0 Å². The molecule has 1 heterocycles. The molecule has 0 saturated heterocycles. The SMILES string of the molecule is Cc1cc(-c2cccc(C(=O)CC(=O)OC(C)(C)C)c2)cc(C2CC2)n1. The van der Waals surface area contributed by atoms with Crippen molar-refractivity contribution in [1.82, 2.24) is 4.98 Å².